The molecule has 0 N–H and O–H groups in total. The number of hydrogen-bond donors (Lipinski definition) is 0. The molecule has 1 heterocycles. The topological polar surface area (TPSA) is 34.9 Å². The molecule has 0 radical (unpaired) electrons. The summed E-state index contributed by atoms with van der Waals surface area (Å²) in [5.41, 5.74) is 0.133. The van der Waals surface area contributed by atoms with Crippen molar-refractivity contribution in [2.24, 2.45) is 7.05 Å². The van der Waals surface area contributed by atoms with Gasteiger partial charge in [-0.15, -0.1) is 0 Å². The van der Waals surface area contributed by atoms with Crippen LogP contribution >= 0.6 is 27.5 Å². The van der Waals surface area contributed by atoms with Crippen LogP contribution in [0.15, 0.2) is 28.9 Å². The largest absolute Gasteiger partial charge is 0.287 e. The van der Waals surface area contributed by atoms with Gasteiger partial charge in [0.2, 0.25) is 5.78 Å². The Bertz CT molecular complexity index is 578. The van der Waals surface area contributed by atoms with E-state index in [1.165, 1.54) is 23.0 Å². The van der Waals surface area contributed by atoms with Crippen LogP contribution in [0.4, 0.5) is 4.39 Å². The molecule has 0 bridgehead atoms. The first-order valence-corrected chi connectivity index (χ1v) is 5.85. The first-order chi connectivity index (χ1) is 8.02. The van der Waals surface area contributed by atoms with Gasteiger partial charge in [-0.25, -0.2) is 4.39 Å². The van der Waals surface area contributed by atoms with Crippen molar-refractivity contribution < 1.29 is 9.18 Å². The number of benzene rings is 1. The number of nitrogens with zero attached hydrogens (tertiary/aromatic N) is 2. The van der Waals surface area contributed by atoms with Crippen molar-refractivity contribution in [2.45, 2.75) is 0 Å². The van der Waals surface area contributed by atoms with Gasteiger partial charge in [0.1, 0.15) is 11.5 Å². The van der Waals surface area contributed by atoms with E-state index in [2.05, 4.69) is 21.0 Å². The minimum Gasteiger partial charge on any atom is -0.287 e. The molecule has 0 aliphatic carbocycles. The number of aromatic nitrogens is 2. The standard InChI is InChI=1S/C11H7BrClFN2O/c1-16-10(8(13)5-15-16)11(17)6-3-2-4-7(12)9(6)14/h2-5H,1H3. The minimum atomic E-state index is -0.602. The summed E-state index contributed by atoms with van der Waals surface area (Å²) in [6, 6.07) is 4.52. The second-order valence-electron chi connectivity index (χ2n) is 3.40. The van der Waals surface area contributed by atoms with Crippen LogP contribution in [0, 0.1) is 5.82 Å². The van der Waals surface area contributed by atoms with Gasteiger partial charge in [-0.1, -0.05) is 17.7 Å². The van der Waals surface area contributed by atoms with E-state index < -0.39 is 11.6 Å². The van der Waals surface area contributed by atoms with Crippen molar-refractivity contribution in [1.82, 2.24) is 9.78 Å². The number of carbonyl (C=O) groups excluding carboxylic acids is 1. The smallest absolute Gasteiger partial charge is 0.215 e. The van der Waals surface area contributed by atoms with Crippen LogP contribution in [0.25, 0.3) is 0 Å². The Kier molecular flexibility index (Phi) is 3.31. The first-order valence-electron chi connectivity index (χ1n) is 4.68. The molecule has 0 saturated carbocycles. The molecule has 3 nitrogen and oxygen atoms in total. The average Bonchev–Trinajstić information content (AvgIpc) is 2.62. The van der Waals surface area contributed by atoms with Gasteiger partial charge in [0.15, 0.2) is 0 Å². The number of rotatable bonds is 2. The Morgan fingerprint density at radius 1 is 1.53 bits per heavy atom. The number of hydrogen-bond acceptors (Lipinski definition) is 2. The molecule has 0 saturated heterocycles. The van der Waals surface area contributed by atoms with E-state index in [4.69, 9.17) is 11.6 Å². The first kappa shape index (κ1) is 12.3. The van der Waals surface area contributed by atoms with Gasteiger partial charge in [-0.2, -0.15) is 5.10 Å². The Morgan fingerprint density at radius 3 is 2.82 bits per heavy atom. The Labute approximate surface area is 110 Å². The van der Waals surface area contributed by atoms with Gasteiger partial charge >= 0.3 is 0 Å². The molecule has 0 aliphatic rings. The maximum atomic E-state index is 13.8. The lowest BCUT2D eigenvalue weighted by atomic mass is 10.1. The molecule has 0 atom stereocenters. The molecule has 2 aromatic rings. The second kappa shape index (κ2) is 4.58. The van der Waals surface area contributed by atoms with E-state index in [1.54, 1.807) is 13.1 Å². The van der Waals surface area contributed by atoms with Gasteiger partial charge in [0, 0.05) is 7.05 Å². The van der Waals surface area contributed by atoms with E-state index in [9.17, 15) is 9.18 Å². The van der Waals surface area contributed by atoms with E-state index in [0.29, 0.717) is 0 Å². The molecule has 0 amide bonds. The van der Waals surface area contributed by atoms with E-state index in [1.807, 2.05) is 0 Å². The van der Waals surface area contributed by atoms with Crippen LogP contribution in [0.2, 0.25) is 5.02 Å². The zero-order chi connectivity index (χ0) is 12.6. The summed E-state index contributed by atoms with van der Waals surface area (Å²) in [6.45, 7) is 0. The highest BCUT2D eigenvalue weighted by atomic mass is 79.9. The Hall–Kier alpha value is -1.20. The van der Waals surface area contributed by atoms with E-state index in [0.717, 1.165) is 0 Å². The highest BCUT2D eigenvalue weighted by molar-refractivity contribution is 9.10. The zero-order valence-corrected chi connectivity index (χ0v) is 11.1. The normalized spacial score (nSPS) is 10.6. The zero-order valence-electron chi connectivity index (χ0n) is 8.75. The van der Waals surface area contributed by atoms with Crippen LogP contribution < -0.4 is 0 Å². The summed E-state index contributed by atoms with van der Waals surface area (Å²) in [6.07, 6.45) is 1.35. The molecule has 0 spiro atoms. The Balaban J connectivity index is 2.55. The lowest BCUT2D eigenvalue weighted by molar-refractivity contribution is 0.102. The van der Waals surface area contributed by atoms with E-state index >= 15 is 0 Å². The molecule has 6 heteroatoms. The molecule has 88 valence electrons. The van der Waals surface area contributed by atoms with Crippen molar-refractivity contribution in [3.8, 4) is 0 Å². The summed E-state index contributed by atoms with van der Waals surface area (Å²) >= 11 is 8.88. The predicted molar refractivity (Wildman–Crippen MR) is 65.8 cm³/mol. The second-order valence-corrected chi connectivity index (χ2v) is 4.66. The lowest BCUT2D eigenvalue weighted by Gasteiger charge is -2.04. The molecule has 1 aromatic carbocycles. The van der Waals surface area contributed by atoms with Gasteiger partial charge in [-0.3, -0.25) is 9.48 Å². The predicted octanol–water partition coefficient (Wildman–Crippen LogP) is 3.21. The summed E-state index contributed by atoms with van der Waals surface area (Å²) in [7, 11) is 1.58. The van der Waals surface area contributed by atoms with Crippen LogP contribution in [0.1, 0.15) is 16.1 Å². The van der Waals surface area contributed by atoms with Crippen molar-refractivity contribution in [3.63, 3.8) is 0 Å². The van der Waals surface area contributed by atoms with Crippen molar-refractivity contribution >= 4 is 33.3 Å². The highest BCUT2D eigenvalue weighted by Crippen LogP contribution is 2.23. The van der Waals surface area contributed by atoms with Gasteiger partial charge < -0.3 is 0 Å². The highest BCUT2D eigenvalue weighted by Gasteiger charge is 2.21. The molecule has 2 rings (SSSR count). The average molecular weight is 318 g/mol. The molecule has 0 unspecified atom stereocenters. The van der Waals surface area contributed by atoms with Gasteiger partial charge in [0.25, 0.3) is 0 Å². The van der Waals surface area contributed by atoms with Crippen molar-refractivity contribution in [3.05, 3.63) is 51.0 Å². The molecular formula is C11H7BrClFN2O. The van der Waals surface area contributed by atoms with Crippen molar-refractivity contribution in [1.29, 1.82) is 0 Å². The number of ketones is 1. The van der Waals surface area contributed by atoms with Crippen molar-refractivity contribution in [2.75, 3.05) is 0 Å². The molecule has 0 aliphatic heterocycles. The Morgan fingerprint density at radius 2 is 2.24 bits per heavy atom. The third-order valence-electron chi connectivity index (χ3n) is 2.31. The summed E-state index contributed by atoms with van der Waals surface area (Å²) in [4.78, 5) is 12.1. The monoisotopic (exact) mass is 316 g/mol. The summed E-state index contributed by atoms with van der Waals surface area (Å²) in [5.74, 6) is -1.09. The van der Waals surface area contributed by atoms with Crippen LogP contribution in [0.3, 0.4) is 0 Å². The van der Waals surface area contributed by atoms with E-state index in [-0.39, 0.29) is 20.8 Å². The fourth-order valence-electron chi connectivity index (χ4n) is 1.47. The van der Waals surface area contributed by atoms with Crippen LogP contribution in [0.5, 0.6) is 0 Å². The van der Waals surface area contributed by atoms with Crippen LogP contribution in [-0.4, -0.2) is 15.6 Å². The number of carbonyl (C=O) groups is 1. The number of aryl methyl sites for hydroxylation is 1. The third kappa shape index (κ3) is 2.12. The number of halogens is 3. The third-order valence-corrected chi connectivity index (χ3v) is 3.19. The molecule has 17 heavy (non-hydrogen) atoms. The summed E-state index contributed by atoms with van der Waals surface area (Å²) in [5, 5.41) is 4.05. The lowest BCUT2D eigenvalue weighted by Crippen LogP contribution is -2.10. The fourth-order valence-corrected chi connectivity index (χ4v) is 2.09. The molecular weight excluding hydrogens is 310 g/mol. The van der Waals surface area contributed by atoms with Crippen LogP contribution in [-0.2, 0) is 7.05 Å². The minimum absolute atomic E-state index is 0.0372. The SMILES string of the molecule is Cn1ncc(Cl)c1C(=O)c1cccc(Br)c1F. The van der Waals surface area contributed by atoms with Gasteiger partial charge in [-0.05, 0) is 28.1 Å². The quantitative estimate of drug-likeness (QED) is 0.797. The fraction of sp³-hybridized carbons (Fsp3) is 0.0909. The maximum absolute atomic E-state index is 13.8. The molecule has 0 fully saturated rings. The summed E-state index contributed by atoms with van der Waals surface area (Å²) < 4.78 is 15.3. The molecule has 1 aromatic heterocycles. The maximum Gasteiger partial charge on any atom is 0.215 e. The van der Waals surface area contributed by atoms with Gasteiger partial charge in [0.05, 0.1) is 21.3 Å².